The van der Waals surface area contributed by atoms with Crippen molar-refractivity contribution in [3.05, 3.63) is 35.4 Å². The van der Waals surface area contributed by atoms with E-state index in [1.165, 1.54) is 6.92 Å². The molecule has 150 valence electrons. The zero-order valence-electron chi connectivity index (χ0n) is 14.6. The zero-order valence-corrected chi connectivity index (χ0v) is 14.6. The van der Waals surface area contributed by atoms with Gasteiger partial charge >= 0.3 is 18.1 Å². The number of carboxylic acids is 1. The Labute approximate surface area is 153 Å². The summed E-state index contributed by atoms with van der Waals surface area (Å²) in [5.74, 6) is -4.01. The van der Waals surface area contributed by atoms with Gasteiger partial charge in [-0.15, -0.1) is 0 Å². The highest BCUT2D eigenvalue weighted by atomic mass is 19.4. The summed E-state index contributed by atoms with van der Waals surface area (Å²) in [4.78, 5) is 34.9. The third-order valence-corrected chi connectivity index (χ3v) is 3.69. The number of aliphatic hydroxyl groups excluding tert-OH is 1. The number of hydrogen-bond acceptors (Lipinski definition) is 5. The van der Waals surface area contributed by atoms with Crippen LogP contribution in [-0.2, 0) is 25.3 Å². The van der Waals surface area contributed by atoms with Gasteiger partial charge in [-0.3, -0.25) is 9.59 Å². The van der Waals surface area contributed by atoms with Crippen molar-refractivity contribution in [2.45, 2.75) is 38.6 Å². The number of carbonyl (C=O) groups is 3. The number of esters is 1. The molecule has 0 bridgehead atoms. The first-order chi connectivity index (χ1) is 12.5. The predicted octanol–water partition coefficient (Wildman–Crippen LogP) is 1.90. The average molecular weight is 391 g/mol. The van der Waals surface area contributed by atoms with Crippen LogP contribution in [0.25, 0.3) is 0 Å². The maximum atomic E-state index is 12.5. The van der Waals surface area contributed by atoms with Gasteiger partial charge in [0.05, 0.1) is 18.1 Å². The van der Waals surface area contributed by atoms with Gasteiger partial charge < -0.3 is 20.3 Å². The molecule has 1 rings (SSSR count). The third kappa shape index (κ3) is 6.55. The topological polar surface area (TPSA) is 113 Å². The molecule has 0 spiro atoms. The molecule has 3 atom stereocenters. The van der Waals surface area contributed by atoms with Gasteiger partial charge in [-0.2, -0.15) is 13.2 Å². The highest BCUT2D eigenvalue weighted by Crippen LogP contribution is 2.30. The largest absolute Gasteiger partial charge is 0.480 e. The quantitative estimate of drug-likeness (QED) is 0.584. The van der Waals surface area contributed by atoms with E-state index in [1.807, 2.05) is 0 Å². The van der Waals surface area contributed by atoms with Crippen LogP contribution in [0.15, 0.2) is 24.3 Å². The number of carboxylic acid groups (broad SMARTS) is 1. The second-order valence-corrected chi connectivity index (χ2v) is 5.81. The number of amides is 1. The van der Waals surface area contributed by atoms with Crippen molar-refractivity contribution in [2.24, 2.45) is 5.92 Å². The fraction of sp³-hybridized carbons (Fsp3) is 0.471. The Morgan fingerprint density at radius 1 is 1.19 bits per heavy atom. The van der Waals surface area contributed by atoms with E-state index < -0.39 is 47.6 Å². The number of rotatable bonds is 8. The number of halogens is 3. The second kappa shape index (κ2) is 9.36. The smallest absolute Gasteiger partial charge is 0.416 e. The summed E-state index contributed by atoms with van der Waals surface area (Å²) in [5.41, 5.74) is -1.09. The van der Waals surface area contributed by atoms with Gasteiger partial charge in [-0.25, -0.2) is 4.79 Å². The molecule has 1 aromatic rings. The Bertz CT molecular complexity index is 674. The standard InChI is InChI=1S/C17H20F3NO6/c1-3-27-16(26)9(2)8-12(15(24)25)21-14(23)13(22)10-4-6-11(7-5-10)17(18,19)20/h4-7,9,12-13,22H,3,8H2,1-2H3,(H,21,23)(H,24,25)/t9-,12+,13-/m1/s1. The van der Waals surface area contributed by atoms with Crippen molar-refractivity contribution in [1.29, 1.82) is 0 Å². The van der Waals surface area contributed by atoms with Crippen LogP contribution in [0.2, 0.25) is 0 Å². The fourth-order valence-corrected chi connectivity index (χ4v) is 2.21. The number of aliphatic carboxylic acids is 1. The van der Waals surface area contributed by atoms with Gasteiger partial charge in [-0.1, -0.05) is 19.1 Å². The summed E-state index contributed by atoms with van der Waals surface area (Å²) < 4.78 is 42.4. The maximum absolute atomic E-state index is 12.5. The molecule has 0 fully saturated rings. The lowest BCUT2D eigenvalue weighted by Crippen LogP contribution is -2.44. The summed E-state index contributed by atoms with van der Waals surface area (Å²) in [6.07, 6.45) is -6.71. The molecule has 0 unspecified atom stereocenters. The van der Waals surface area contributed by atoms with Crippen LogP contribution >= 0.6 is 0 Å². The van der Waals surface area contributed by atoms with Crippen LogP contribution < -0.4 is 5.32 Å². The third-order valence-electron chi connectivity index (χ3n) is 3.69. The lowest BCUT2D eigenvalue weighted by atomic mass is 10.0. The van der Waals surface area contributed by atoms with Crippen molar-refractivity contribution in [3.8, 4) is 0 Å². The van der Waals surface area contributed by atoms with E-state index in [4.69, 9.17) is 4.74 Å². The monoisotopic (exact) mass is 391 g/mol. The summed E-state index contributed by atoms with van der Waals surface area (Å²) >= 11 is 0. The lowest BCUT2D eigenvalue weighted by molar-refractivity contribution is -0.150. The molecule has 0 saturated carbocycles. The molecule has 3 N–H and O–H groups in total. The van der Waals surface area contributed by atoms with E-state index in [1.54, 1.807) is 6.92 Å². The summed E-state index contributed by atoms with van der Waals surface area (Å²) in [5, 5.41) is 21.2. The van der Waals surface area contributed by atoms with Crippen molar-refractivity contribution in [2.75, 3.05) is 6.61 Å². The number of carbonyl (C=O) groups excluding carboxylic acids is 2. The summed E-state index contributed by atoms with van der Waals surface area (Å²) in [6, 6.07) is 1.75. The molecule has 0 aromatic heterocycles. The average Bonchev–Trinajstić information content (AvgIpc) is 2.59. The van der Waals surface area contributed by atoms with E-state index in [9.17, 15) is 37.8 Å². The Kier molecular flexibility index (Phi) is 7.77. The number of aliphatic hydroxyl groups is 1. The molecule has 0 radical (unpaired) electrons. The molecule has 7 nitrogen and oxygen atoms in total. The minimum atomic E-state index is -4.57. The molecule has 0 aliphatic heterocycles. The normalized spacial score (nSPS) is 14.7. The molecule has 0 saturated heterocycles. The van der Waals surface area contributed by atoms with Crippen molar-refractivity contribution in [1.82, 2.24) is 5.32 Å². The first kappa shape index (κ1) is 22.4. The van der Waals surface area contributed by atoms with Gasteiger partial charge in [0.1, 0.15) is 6.04 Å². The Morgan fingerprint density at radius 3 is 2.19 bits per heavy atom. The van der Waals surface area contributed by atoms with Crippen LogP contribution in [0.4, 0.5) is 13.2 Å². The van der Waals surface area contributed by atoms with Gasteiger partial charge in [0.15, 0.2) is 6.10 Å². The van der Waals surface area contributed by atoms with E-state index in [2.05, 4.69) is 5.32 Å². The Hall–Kier alpha value is -2.62. The number of hydrogen-bond donors (Lipinski definition) is 3. The lowest BCUT2D eigenvalue weighted by Gasteiger charge is -2.20. The van der Waals surface area contributed by atoms with Gasteiger partial charge in [0, 0.05) is 0 Å². The zero-order chi connectivity index (χ0) is 20.8. The van der Waals surface area contributed by atoms with Gasteiger partial charge in [0.2, 0.25) is 0 Å². The van der Waals surface area contributed by atoms with E-state index in [0.717, 1.165) is 12.1 Å². The fourth-order valence-electron chi connectivity index (χ4n) is 2.21. The molecule has 1 aromatic carbocycles. The molecule has 10 heteroatoms. The van der Waals surface area contributed by atoms with E-state index in [-0.39, 0.29) is 18.6 Å². The molecule has 0 aliphatic carbocycles. The molecular weight excluding hydrogens is 371 g/mol. The Balaban J connectivity index is 2.80. The Morgan fingerprint density at radius 2 is 1.74 bits per heavy atom. The van der Waals surface area contributed by atoms with Crippen LogP contribution in [0.1, 0.15) is 37.5 Å². The molecule has 0 aliphatic rings. The minimum absolute atomic E-state index is 0.111. The van der Waals surface area contributed by atoms with Gasteiger partial charge in [-0.05, 0) is 31.0 Å². The second-order valence-electron chi connectivity index (χ2n) is 5.81. The summed E-state index contributed by atoms with van der Waals surface area (Å²) in [7, 11) is 0. The molecular formula is C17H20F3NO6. The summed E-state index contributed by atoms with van der Waals surface area (Å²) in [6.45, 7) is 3.12. The van der Waals surface area contributed by atoms with Crippen molar-refractivity contribution >= 4 is 17.8 Å². The molecule has 1 amide bonds. The number of alkyl halides is 3. The van der Waals surface area contributed by atoms with Crippen molar-refractivity contribution in [3.63, 3.8) is 0 Å². The maximum Gasteiger partial charge on any atom is 0.416 e. The highest BCUT2D eigenvalue weighted by Gasteiger charge is 2.32. The number of nitrogens with one attached hydrogen (secondary N) is 1. The first-order valence-electron chi connectivity index (χ1n) is 8.02. The predicted molar refractivity (Wildman–Crippen MR) is 86.4 cm³/mol. The van der Waals surface area contributed by atoms with Crippen LogP contribution in [0.3, 0.4) is 0 Å². The van der Waals surface area contributed by atoms with Crippen LogP contribution in [0, 0.1) is 5.92 Å². The minimum Gasteiger partial charge on any atom is -0.480 e. The van der Waals surface area contributed by atoms with Gasteiger partial charge in [0.25, 0.3) is 5.91 Å². The SMILES string of the molecule is CCOC(=O)[C@H](C)C[C@H](NC(=O)[C@H](O)c1ccc(C(F)(F)F)cc1)C(=O)O. The number of ether oxygens (including phenoxy) is 1. The van der Waals surface area contributed by atoms with Crippen LogP contribution in [-0.4, -0.2) is 40.7 Å². The van der Waals surface area contributed by atoms with Crippen molar-refractivity contribution < 1.29 is 42.5 Å². The number of benzene rings is 1. The molecule has 27 heavy (non-hydrogen) atoms. The van der Waals surface area contributed by atoms with Crippen LogP contribution in [0.5, 0.6) is 0 Å². The molecule has 0 heterocycles. The highest BCUT2D eigenvalue weighted by molar-refractivity contribution is 5.87. The van der Waals surface area contributed by atoms with E-state index in [0.29, 0.717) is 12.1 Å². The van der Waals surface area contributed by atoms with E-state index >= 15 is 0 Å². The first-order valence-corrected chi connectivity index (χ1v) is 8.02.